The molecule has 6 heteroatoms. The number of nitrogen functional groups attached to an aromatic ring is 1. The summed E-state index contributed by atoms with van der Waals surface area (Å²) in [4.78, 5) is 12.1. The number of anilines is 2. The first-order valence-electron chi connectivity index (χ1n) is 5.71. The lowest BCUT2D eigenvalue weighted by atomic mass is 10.2. The van der Waals surface area contributed by atoms with Gasteiger partial charge in [-0.15, -0.1) is 0 Å². The molecule has 2 rings (SSSR count). The number of nitrogens with two attached hydrogens (primary N) is 1. The number of ether oxygens (including phenoxy) is 1. The van der Waals surface area contributed by atoms with E-state index in [0.717, 1.165) is 0 Å². The molecule has 1 amide bonds. The van der Waals surface area contributed by atoms with Gasteiger partial charge >= 0.3 is 0 Å². The Morgan fingerprint density at radius 1 is 1.30 bits per heavy atom. The lowest BCUT2D eigenvalue weighted by Crippen LogP contribution is -2.13. The van der Waals surface area contributed by atoms with E-state index in [-0.39, 0.29) is 10.4 Å². The highest BCUT2D eigenvalue weighted by atomic mass is 79.9. The van der Waals surface area contributed by atoms with Crippen LogP contribution in [0, 0.1) is 5.82 Å². The van der Waals surface area contributed by atoms with Crippen molar-refractivity contribution in [2.24, 2.45) is 0 Å². The maximum Gasteiger partial charge on any atom is 0.255 e. The van der Waals surface area contributed by atoms with Crippen molar-refractivity contribution in [3.05, 3.63) is 52.3 Å². The molecule has 104 valence electrons. The van der Waals surface area contributed by atoms with E-state index in [0.29, 0.717) is 22.7 Å². The number of halogens is 2. The summed E-state index contributed by atoms with van der Waals surface area (Å²) in [5.74, 6) is -0.233. The van der Waals surface area contributed by atoms with Gasteiger partial charge in [-0.25, -0.2) is 4.39 Å². The first kappa shape index (κ1) is 14.3. The zero-order chi connectivity index (χ0) is 14.7. The van der Waals surface area contributed by atoms with Crippen molar-refractivity contribution in [2.75, 3.05) is 18.2 Å². The van der Waals surface area contributed by atoms with Crippen LogP contribution in [0.2, 0.25) is 0 Å². The van der Waals surface area contributed by atoms with Crippen LogP contribution in [0.4, 0.5) is 15.8 Å². The summed E-state index contributed by atoms with van der Waals surface area (Å²) in [6.45, 7) is 0. The highest BCUT2D eigenvalue weighted by Crippen LogP contribution is 2.25. The van der Waals surface area contributed by atoms with Crippen molar-refractivity contribution >= 4 is 33.2 Å². The number of benzene rings is 2. The van der Waals surface area contributed by atoms with Crippen LogP contribution in [-0.4, -0.2) is 13.0 Å². The second-order valence-electron chi connectivity index (χ2n) is 4.04. The molecule has 0 aromatic heterocycles. The van der Waals surface area contributed by atoms with Crippen LogP contribution >= 0.6 is 15.9 Å². The van der Waals surface area contributed by atoms with E-state index in [1.807, 2.05) is 0 Å². The fourth-order valence-electron chi connectivity index (χ4n) is 1.60. The number of amides is 1. The molecular weight excluding hydrogens is 327 g/mol. The van der Waals surface area contributed by atoms with Gasteiger partial charge in [0, 0.05) is 11.6 Å². The molecule has 0 aliphatic rings. The van der Waals surface area contributed by atoms with Gasteiger partial charge in [-0.2, -0.15) is 0 Å². The SMILES string of the molecule is COc1ccc(N)c(NC(=O)c2ccc(F)c(Br)c2)c1. The monoisotopic (exact) mass is 338 g/mol. The number of carbonyl (C=O) groups is 1. The third-order valence-corrected chi connectivity index (χ3v) is 3.30. The zero-order valence-electron chi connectivity index (χ0n) is 10.6. The summed E-state index contributed by atoms with van der Waals surface area (Å²) in [5, 5.41) is 2.66. The van der Waals surface area contributed by atoms with E-state index in [1.165, 1.54) is 25.3 Å². The third-order valence-electron chi connectivity index (χ3n) is 2.69. The summed E-state index contributed by atoms with van der Waals surface area (Å²) in [6.07, 6.45) is 0. The maximum atomic E-state index is 13.1. The minimum atomic E-state index is -0.428. The van der Waals surface area contributed by atoms with Gasteiger partial charge in [0.1, 0.15) is 11.6 Å². The van der Waals surface area contributed by atoms with Crippen molar-refractivity contribution in [1.82, 2.24) is 0 Å². The molecule has 0 atom stereocenters. The number of nitrogens with one attached hydrogen (secondary N) is 1. The first-order valence-corrected chi connectivity index (χ1v) is 6.50. The van der Waals surface area contributed by atoms with Crippen molar-refractivity contribution in [3.63, 3.8) is 0 Å². The van der Waals surface area contributed by atoms with Crippen LogP contribution in [0.1, 0.15) is 10.4 Å². The van der Waals surface area contributed by atoms with Crippen LogP contribution in [0.15, 0.2) is 40.9 Å². The van der Waals surface area contributed by atoms with Gasteiger partial charge in [0.2, 0.25) is 0 Å². The van der Waals surface area contributed by atoms with Gasteiger partial charge in [0.25, 0.3) is 5.91 Å². The minimum Gasteiger partial charge on any atom is -0.497 e. The fourth-order valence-corrected chi connectivity index (χ4v) is 1.98. The Balaban J connectivity index is 2.25. The molecular formula is C14H12BrFN2O2. The van der Waals surface area contributed by atoms with Crippen LogP contribution in [-0.2, 0) is 0 Å². The average molecular weight is 339 g/mol. The highest BCUT2D eigenvalue weighted by Gasteiger charge is 2.11. The number of rotatable bonds is 3. The van der Waals surface area contributed by atoms with Gasteiger partial charge in [-0.05, 0) is 46.3 Å². The summed E-state index contributed by atoms with van der Waals surface area (Å²) >= 11 is 3.04. The molecule has 4 nitrogen and oxygen atoms in total. The van der Waals surface area contributed by atoms with E-state index in [2.05, 4.69) is 21.2 Å². The highest BCUT2D eigenvalue weighted by molar-refractivity contribution is 9.10. The van der Waals surface area contributed by atoms with Crippen LogP contribution in [0.3, 0.4) is 0 Å². The molecule has 20 heavy (non-hydrogen) atoms. The first-order chi connectivity index (χ1) is 9.51. The van der Waals surface area contributed by atoms with E-state index in [9.17, 15) is 9.18 Å². The molecule has 2 aromatic carbocycles. The molecule has 0 heterocycles. The predicted molar refractivity (Wildman–Crippen MR) is 79.5 cm³/mol. The molecule has 0 unspecified atom stereocenters. The Morgan fingerprint density at radius 3 is 2.70 bits per heavy atom. The largest absolute Gasteiger partial charge is 0.497 e. The molecule has 0 radical (unpaired) electrons. The molecule has 0 bridgehead atoms. The van der Waals surface area contributed by atoms with Crippen molar-refractivity contribution in [3.8, 4) is 5.75 Å². The maximum absolute atomic E-state index is 13.1. The summed E-state index contributed by atoms with van der Waals surface area (Å²) in [5.41, 5.74) is 6.96. The molecule has 0 aliphatic carbocycles. The smallest absolute Gasteiger partial charge is 0.255 e. The molecule has 2 aromatic rings. The Morgan fingerprint density at radius 2 is 2.05 bits per heavy atom. The zero-order valence-corrected chi connectivity index (χ0v) is 12.2. The lowest BCUT2D eigenvalue weighted by molar-refractivity contribution is 0.102. The predicted octanol–water partition coefficient (Wildman–Crippen LogP) is 3.43. The van der Waals surface area contributed by atoms with Gasteiger partial charge < -0.3 is 15.8 Å². The Hall–Kier alpha value is -2.08. The Labute approximate surface area is 123 Å². The Kier molecular flexibility index (Phi) is 4.24. The number of carbonyl (C=O) groups excluding carboxylic acids is 1. The fraction of sp³-hybridized carbons (Fsp3) is 0.0714. The van der Waals surface area contributed by atoms with Crippen LogP contribution < -0.4 is 15.8 Å². The topological polar surface area (TPSA) is 64.3 Å². The normalized spacial score (nSPS) is 10.2. The minimum absolute atomic E-state index is 0.226. The van der Waals surface area contributed by atoms with Gasteiger partial charge in [0.05, 0.1) is 23.0 Å². The molecule has 0 spiro atoms. The van der Waals surface area contributed by atoms with E-state index >= 15 is 0 Å². The quantitative estimate of drug-likeness (QED) is 0.842. The lowest BCUT2D eigenvalue weighted by Gasteiger charge is -2.10. The third kappa shape index (κ3) is 3.08. The van der Waals surface area contributed by atoms with Gasteiger partial charge in [-0.1, -0.05) is 0 Å². The Bertz CT molecular complexity index is 662. The standard InChI is InChI=1S/C14H12BrFN2O2/c1-20-9-3-5-12(17)13(7-9)18-14(19)8-2-4-11(16)10(15)6-8/h2-7H,17H2,1H3,(H,18,19). The van der Waals surface area contributed by atoms with Crippen molar-refractivity contribution < 1.29 is 13.9 Å². The van der Waals surface area contributed by atoms with E-state index in [4.69, 9.17) is 10.5 Å². The van der Waals surface area contributed by atoms with Gasteiger partial charge in [0.15, 0.2) is 0 Å². The van der Waals surface area contributed by atoms with Crippen molar-refractivity contribution in [1.29, 1.82) is 0 Å². The van der Waals surface area contributed by atoms with Crippen LogP contribution in [0.5, 0.6) is 5.75 Å². The van der Waals surface area contributed by atoms with Crippen molar-refractivity contribution in [2.45, 2.75) is 0 Å². The number of hydrogen-bond acceptors (Lipinski definition) is 3. The second-order valence-corrected chi connectivity index (χ2v) is 4.89. The van der Waals surface area contributed by atoms with Crippen LogP contribution in [0.25, 0.3) is 0 Å². The molecule has 0 saturated heterocycles. The molecule has 0 fully saturated rings. The van der Waals surface area contributed by atoms with E-state index < -0.39 is 5.82 Å². The number of methoxy groups -OCH3 is 1. The molecule has 0 aliphatic heterocycles. The summed E-state index contributed by atoms with van der Waals surface area (Å²) in [7, 11) is 1.52. The summed E-state index contributed by atoms with van der Waals surface area (Å²) in [6, 6.07) is 8.96. The molecule has 0 saturated carbocycles. The average Bonchev–Trinajstić information content (AvgIpc) is 2.44. The second kappa shape index (κ2) is 5.92. The summed E-state index contributed by atoms with van der Waals surface area (Å²) < 4.78 is 18.4. The van der Waals surface area contributed by atoms with Gasteiger partial charge in [-0.3, -0.25) is 4.79 Å². The van der Waals surface area contributed by atoms with E-state index in [1.54, 1.807) is 18.2 Å². The number of hydrogen-bond donors (Lipinski definition) is 2. The molecule has 3 N–H and O–H groups in total.